The van der Waals surface area contributed by atoms with E-state index in [1.165, 1.54) is 18.2 Å². The van der Waals surface area contributed by atoms with Crippen molar-refractivity contribution in [3.8, 4) is 11.1 Å². The summed E-state index contributed by atoms with van der Waals surface area (Å²) in [4.78, 5) is 0. The van der Waals surface area contributed by atoms with Gasteiger partial charge < -0.3 is 5.73 Å². The Morgan fingerprint density at radius 3 is 2.24 bits per heavy atom. The predicted molar refractivity (Wildman–Crippen MR) is 65.7 cm³/mol. The van der Waals surface area contributed by atoms with Gasteiger partial charge in [-0.15, -0.1) is 0 Å². The molecule has 0 aliphatic heterocycles. The minimum atomic E-state index is -0.526. The van der Waals surface area contributed by atoms with Crippen LogP contribution in [0.25, 0.3) is 11.1 Å². The highest BCUT2D eigenvalue weighted by molar-refractivity contribution is 5.70. The van der Waals surface area contributed by atoms with Crippen molar-refractivity contribution in [3.63, 3.8) is 0 Å². The number of rotatable bonds is 1. The van der Waals surface area contributed by atoms with Crippen LogP contribution in [0.4, 0.5) is 14.5 Å². The molecule has 3 heteroatoms. The summed E-state index contributed by atoms with van der Waals surface area (Å²) in [5, 5.41) is 0. The molecular formula is C14H13F2N. The molecule has 0 radical (unpaired) electrons. The summed E-state index contributed by atoms with van der Waals surface area (Å²) in [6.45, 7) is 3.63. The van der Waals surface area contributed by atoms with Crippen molar-refractivity contribution in [2.24, 2.45) is 0 Å². The average Bonchev–Trinajstić information content (AvgIpc) is 2.21. The first kappa shape index (κ1) is 11.6. The van der Waals surface area contributed by atoms with Gasteiger partial charge in [0.15, 0.2) is 0 Å². The number of aryl methyl sites for hydroxylation is 2. The average molecular weight is 233 g/mol. The van der Waals surface area contributed by atoms with Crippen LogP contribution in [0, 0.1) is 25.5 Å². The second kappa shape index (κ2) is 4.17. The first-order chi connectivity index (χ1) is 7.99. The van der Waals surface area contributed by atoms with E-state index in [2.05, 4.69) is 0 Å². The van der Waals surface area contributed by atoms with Crippen LogP contribution < -0.4 is 5.73 Å². The number of hydrogen-bond donors (Lipinski definition) is 1. The molecular weight excluding hydrogens is 220 g/mol. The molecule has 0 aliphatic carbocycles. The Morgan fingerprint density at radius 1 is 0.941 bits per heavy atom. The van der Waals surface area contributed by atoms with Gasteiger partial charge in [-0.25, -0.2) is 8.78 Å². The highest BCUT2D eigenvalue weighted by Gasteiger charge is 2.11. The van der Waals surface area contributed by atoms with E-state index in [9.17, 15) is 8.78 Å². The smallest absolute Gasteiger partial charge is 0.146 e. The highest BCUT2D eigenvalue weighted by Crippen LogP contribution is 2.29. The third-order valence-corrected chi connectivity index (χ3v) is 2.72. The van der Waals surface area contributed by atoms with E-state index in [1.54, 1.807) is 13.0 Å². The van der Waals surface area contributed by atoms with Gasteiger partial charge in [-0.2, -0.15) is 0 Å². The van der Waals surface area contributed by atoms with Gasteiger partial charge in [0.25, 0.3) is 0 Å². The molecule has 0 aromatic heterocycles. The van der Waals surface area contributed by atoms with E-state index < -0.39 is 5.82 Å². The quantitative estimate of drug-likeness (QED) is 0.744. The lowest BCUT2D eigenvalue weighted by molar-refractivity contribution is 0.625. The third kappa shape index (κ3) is 2.13. The van der Waals surface area contributed by atoms with Crippen LogP contribution in [0.1, 0.15) is 11.1 Å². The zero-order valence-electron chi connectivity index (χ0n) is 9.72. The van der Waals surface area contributed by atoms with Crippen LogP contribution in [-0.2, 0) is 0 Å². The highest BCUT2D eigenvalue weighted by atomic mass is 19.1. The van der Waals surface area contributed by atoms with Crippen molar-refractivity contribution in [1.29, 1.82) is 0 Å². The standard InChI is InChI=1S/C14H13F2N/c1-8-5-9(2)14(12(16)6-8)10-3-4-13(17)11(15)7-10/h3-7H,17H2,1-2H3. The minimum absolute atomic E-state index is 0.0684. The molecule has 0 spiro atoms. The van der Waals surface area contributed by atoms with Gasteiger partial charge >= 0.3 is 0 Å². The maximum absolute atomic E-state index is 13.9. The first-order valence-corrected chi connectivity index (χ1v) is 5.31. The van der Waals surface area contributed by atoms with Crippen molar-refractivity contribution in [3.05, 3.63) is 53.1 Å². The molecule has 2 N–H and O–H groups in total. The van der Waals surface area contributed by atoms with Gasteiger partial charge in [-0.05, 0) is 48.7 Å². The summed E-state index contributed by atoms with van der Waals surface area (Å²) in [5.74, 6) is -0.867. The Labute approximate surface area is 98.9 Å². The maximum atomic E-state index is 13.9. The van der Waals surface area contributed by atoms with Crippen molar-refractivity contribution < 1.29 is 8.78 Å². The molecule has 0 saturated heterocycles. The Morgan fingerprint density at radius 2 is 1.65 bits per heavy atom. The lowest BCUT2D eigenvalue weighted by atomic mass is 9.97. The Bertz CT molecular complexity index is 553. The number of nitrogens with two attached hydrogens (primary N) is 1. The molecule has 0 saturated carbocycles. The van der Waals surface area contributed by atoms with E-state index in [0.717, 1.165) is 11.1 Å². The fourth-order valence-electron chi connectivity index (χ4n) is 1.96. The third-order valence-electron chi connectivity index (χ3n) is 2.72. The summed E-state index contributed by atoms with van der Waals surface area (Å²) in [6.07, 6.45) is 0. The van der Waals surface area contributed by atoms with Gasteiger partial charge in [0, 0.05) is 5.56 Å². The molecule has 2 rings (SSSR count). The number of benzene rings is 2. The first-order valence-electron chi connectivity index (χ1n) is 5.31. The second-order valence-electron chi connectivity index (χ2n) is 4.17. The molecule has 88 valence electrons. The molecule has 0 unspecified atom stereocenters. The largest absolute Gasteiger partial charge is 0.396 e. The van der Waals surface area contributed by atoms with Crippen molar-refractivity contribution in [1.82, 2.24) is 0 Å². The van der Waals surface area contributed by atoms with Crippen LogP contribution in [0.5, 0.6) is 0 Å². The fraction of sp³-hybridized carbons (Fsp3) is 0.143. The summed E-state index contributed by atoms with van der Waals surface area (Å²) in [6, 6.07) is 7.64. The summed E-state index contributed by atoms with van der Waals surface area (Å²) >= 11 is 0. The molecule has 2 aromatic rings. The molecule has 0 bridgehead atoms. The van der Waals surface area contributed by atoms with Gasteiger partial charge in [0.2, 0.25) is 0 Å². The number of halogens is 2. The minimum Gasteiger partial charge on any atom is -0.396 e. The summed E-state index contributed by atoms with van der Waals surface area (Å²) in [5.41, 5.74) is 8.03. The Hall–Kier alpha value is -1.90. The van der Waals surface area contributed by atoms with E-state index >= 15 is 0 Å². The van der Waals surface area contributed by atoms with E-state index in [4.69, 9.17) is 5.73 Å². The Balaban J connectivity index is 2.64. The summed E-state index contributed by atoms with van der Waals surface area (Å²) < 4.78 is 27.2. The van der Waals surface area contributed by atoms with E-state index in [-0.39, 0.29) is 11.5 Å². The molecule has 0 amide bonds. The van der Waals surface area contributed by atoms with Gasteiger partial charge in [-0.3, -0.25) is 0 Å². The van der Waals surface area contributed by atoms with Crippen LogP contribution in [0.2, 0.25) is 0 Å². The number of anilines is 1. The van der Waals surface area contributed by atoms with Gasteiger partial charge in [-0.1, -0.05) is 12.1 Å². The molecule has 0 heterocycles. The van der Waals surface area contributed by atoms with E-state index in [0.29, 0.717) is 11.1 Å². The predicted octanol–water partition coefficient (Wildman–Crippen LogP) is 3.83. The van der Waals surface area contributed by atoms with E-state index in [1.807, 2.05) is 13.0 Å². The van der Waals surface area contributed by atoms with Gasteiger partial charge in [0.1, 0.15) is 11.6 Å². The van der Waals surface area contributed by atoms with Gasteiger partial charge in [0.05, 0.1) is 5.69 Å². The monoisotopic (exact) mass is 233 g/mol. The molecule has 1 nitrogen and oxygen atoms in total. The SMILES string of the molecule is Cc1cc(C)c(-c2ccc(N)c(F)c2)c(F)c1. The van der Waals surface area contributed by atoms with Crippen molar-refractivity contribution >= 4 is 5.69 Å². The van der Waals surface area contributed by atoms with Crippen LogP contribution in [0.3, 0.4) is 0 Å². The maximum Gasteiger partial charge on any atom is 0.146 e. The molecule has 0 atom stereocenters. The van der Waals surface area contributed by atoms with Crippen LogP contribution >= 0.6 is 0 Å². The lowest BCUT2D eigenvalue weighted by Crippen LogP contribution is -1.94. The second-order valence-corrected chi connectivity index (χ2v) is 4.17. The number of hydrogen-bond acceptors (Lipinski definition) is 1. The molecule has 2 aromatic carbocycles. The molecule has 17 heavy (non-hydrogen) atoms. The topological polar surface area (TPSA) is 26.0 Å². The van der Waals surface area contributed by atoms with Crippen molar-refractivity contribution in [2.75, 3.05) is 5.73 Å². The Kier molecular flexibility index (Phi) is 2.84. The zero-order valence-corrected chi connectivity index (χ0v) is 9.72. The zero-order chi connectivity index (χ0) is 12.6. The van der Waals surface area contributed by atoms with Crippen LogP contribution in [0.15, 0.2) is 30.3 Å². The fourth-order valence-corrected chi connectivity index (χ4v) is 1.96. The molecule has 0 fully saturated rings. The normalized spacial score (nSPS) is 10.6. The number of nitrogen functional groups attached to an aromatic ring is 1. The van der Waals surface area contributed by atoms with Crippen molar-refractivity contribution in [2.45, 2.75) is 13.8 Å². The lowest BCUT2D eigenvalue weighted by Gasteiger charge is -2.09. The van der Waals surface area contributed by atoms with Crippen LogP contribution in [-0.4, -0.2) is 0 Å². The summed E-state index contributed by atoms with van der Waals surface area (Å²) in [7, 11) is 0. The molecule has 0 aliphatic rings.